The number of hydrogen-bond donors (Lipinski definition) is 1. The van der Waals surface area contributed by atoms with Crippen molar-refractivity contribution in [3.63, 3.8) is 0 Å². The number of amides is 1. The monoisotopic (exact) mass is 386 g/mol. The second-order valence-electron chi connectivity index (χ2n) is 6.98. The summed E-state index contributed by atoms with van der Waals surface area (Å²) in [7, 11) is 0. The van der Waals surface area contributed by atoms with Crippen LogP contribution in [0, 0.1) is 0 Å². The van der Waals surface area contributed by atoms with Gasteiger partial charge in [-0.1, -0.05) is 29.8 Å². The van der Waals surface area contributed by atoms with Crippen molar-refractivity contribution in [3.8, 4) is 11.5 Å². The number of halogens is 1. The molecule has 2 aliphatic heterocycles. The van der Waals surface area contributed by atoms with Crippen LogP contribution >= 0.6 is 11.6 Å². The standard InChI is InChI=1S/C21H23ClN2O3/c22-17-6-3-15(4-7-17)11-21(25)23-13-18(24-9-1-2-10-24)16-5-8-19-20(12-16)27-14-26-19/h3-8,12,18H,1-2,9-11,13-14H2,(H,23,25). The molecule has 4 rings (SSSR count). The number of carbonyl (C=O) groups is 1. The van der Waals surface area contributed by atoms with Crippen molar-refractivity contribution in [2.75, 3.05) is 26.4 Å². The molecule has 2 aliphatic rings. The van der Waals surface area contributed by atoms with Gasteiger partial charge in [0.25, 0.3) is 0 Å². The van der Waals surface area contributed by atoms with Gasteiger partial charge in [0, 0.05) is 11.6 Å². The molecule has 2 aromatic rings. The number of hydrogen-bond acceptors (Lipinski definition) is 4. The largest absolute Gasteiger partial charge is 0.454 e. The van der Waals surface area contributed by atoms with E-state index in [0.29, 0.717) is 18.0 Å². The number of ether oxygens (including phenoxy) is 2. The number of likely N-dealkylation sites (tertiary alicyclic amines) is 1. The summed E-state index contributed by atoms with van der Waals surface area (Å²) in [5.41, 5.74) is 2.10. The van der Waals surface area contributed by atoms with E-state index in [2.05, 4.69) is 16.3 Å². The highest BCUT2D eigenvalue weighted by Gasteiger charge is 2.26. The van der Waals surface area contributed by atoms with E-state index in [1.807, 2.05) is 36.4 Å². The zero-order chi connectivity index (χ0) is 18.6. The number of carbonyl (C=O) groups excluding carboxylic acids is 1. The summed E-state index contributed by atoms with van der Waals surface area (Å²) < 4.78 is 10.9. The average molecular weight is 387 g/mol. The smallest absolute Gasteiger partial charge is 0.231 e. The normalized spacial score (nSPS) is 17.1. The van der Waals surface area contributed by atoms with Crippen LogP contribution in [0.3, 0.4) is 0 Å². The summed E-state index contributed by atoms with van der Waals surface area (Å²) in [5, 5.41) is 3.78. The van der Waals surface area contributed by atoms with E-state index in [1.54, 1.807) is 0 Å². The predicted octanol–water partition coefficient (Wildman–Crippen LogP) is 3.56. The SMILES string of the molecule is O=C(Cc1ccc(Cl)cc1)NCC(c1ccc2c(c1)OCO2)N1CCCC1. The zero-order valence-corrected chi connectivity index (χ0v) is 15.9. The van der Waals surface area contributed by atoms with Gasteiger partial charge in [0.05, 0.1) is 12.5 Å². The summed E-state index contributed by atoms with van der Waals surface area (Å²) >= 11 is 5.91. The van der Waals surface area contributed by atoms with E-state index < -0.39 is 0 Å². The van der Waals surface area contributed by atoms with Gasteiger partial charge in [-0.2, -0.15) is 0 Å². The fraction of sp³-hybridized carbons (Fsp3) is 0.381. The summed E-state index contributed by atoms with van der Waals surface area (Å²) in [4.78, 5) is 14.9. The third-order valence-electron chi connectivity index (χ3n) is 5.13. The van der Waals surface area contributed by atoms with Gasteiger partial charge in [0.2, 0.25) is 12.7 Å². The Morgan fingerprint density at radius 3 is 2.59 bits per heavy atom. The summed E-state index contributed by atoms with van der Waals surface area (Å²) in [6.45, 7) is 2.94. The first-order valence-corrected chi connectivity index (χ1v) is 9.71. The van der Waals surface area contributed by atoms with Gasteiger partial charge in [-0.15, -0.1) is 0 Å². The van der Waals surface area contributed by atoms with Gasteiger partial charge in [-0.25, -0.2) is 0 Å². The van der Waals surface area contributed by atoms with Crippen LogP contribution in [0.15, 0.2) is 42.5 Å². The van der Waals surface area contributed by atoms with Crippen LogP contribution in [-0.4, -0.2) is 37.2 Å². The quantitative estimate of drug-likeness (QED) is 0.824. The van der Waals surface area contributed by atoms with E-state index in [1.165, 1.54) is 12.8 Å². The minimum absolute atomic E-state index is 0.0160. The fourth-order valence-electron chi connectivity index (χ4n) is 3.69. The van der Waals surface area contributed by atoms with Crippen LogP contribution in [0.5, 0.6) is 11.5 Å². The molecule has 27 heavy (non-hydrogen) atoms. The Labute approximate surface area is 164 Å². The van der Waals surface area contributed by atoms with E-state index in [0.717, 1.165) is 35.7 Å². The summed E-state index contributed by atoms with van der Waals surface area (Å²) in [5.74, 6) is 1.58. The number of rotatable bonds is 6. The molecular formula is C21H23ClN2O3. The first-order chi connectivity index (χ1) is 13.2. The Morgan fingerprint density at radius 2 is 1.81 bits per heavy atom. The van der Waals surface area contributed by atoms with Crippen LogP contribution in [0.4, 0.5) is 0 Å². The minimum Gasteiger partial charge on any atom is -0.454 e. The molecule has 0 saturated carbocycles. The summed E-state index contributed by atoms with van der Waals surface area (Å²) in [6.07, 6.45) is 2.74. The van der Waals surface area contributed by atoms with Crippen molar-refractivity contribution in [2.24, 2.45) is 0 Å². The lowest BCUT2D eigenvalue weighted by atomic mass is 10.0. The van der Waals surface area contributed by atoms with Crippen LogP contribution in [0.2, 0.25) is 5.02 Å². The van der Waals surface area contributed by atoms with Crippen molar-refractivity contribution < 1.29 is 14.3 Å². The number of benzene rings is 2. The molecule has 0 aliphatic carbocycles. The Kier molecular flexibility index (Phi) is 5.50. The highest BCUT2D eigenvalue weighted by molar-refractivity contribution is 6.30. The Hall–Kier alpha value is -2.24. The van der Waals surface area contributed by atoms with E-state index in [9.17, 15) is 4.79 Å². The molecule has 0 aromatic heterocycles. The van der Waals surface area contributed by atoms with Crippen LogP contribution in [-0.2, 0) is 11.2 Å². The summed E-state index contributed by atoms with van der Waals surface area (Å²) in [6, 6.07) is 13.6. The van der Waals surface area contributed by atoms with E-state index >= 15 is 0 Å². The zero-order valence-electron chi connectivity index (χ0n) is 15.1. The topological polar surface area (TPSA) is 50.8 Å². The van der Waals surface area contributed by atoms with Gasteiger partial charge in [-0.3, -0.25) is 9.69 Å². The van der Waals surface area contributed by atoms with Crippen molar-refractivity contribution in [2.45, 2.75) is 25.3 Å². The molecule has 1 atom stereocenters. The third kappa shape index (κ3) is 4.37. The van der Waals surface area contributed by atoms with Crippen molar-refractivity contribution in [3.05, 3.63) is 58.6 Å². The first-order valence-electron chi connectivity index (χ1n) is 9.34. The second kappa shape index (κ2) is 8.19. The predicted molar refractivity (Wildman–Crippen MR) is 104 cm³/mol. The van der Waals surface area contributed by atoms with E-state index in [4.69, 9.17) is 21.1 Å². The molecule has 0 bridgehead atoms. The maximum absolute atomic E-state index is 12.4. The minimum atomic E-state index is 0.0160. The van der Waals surface area contributed by atoms with Crippen molar-refractivity contribution in [1.82, 2.24) is 10.2 Å². The molecular weight excluding hydrogens is 364 g/mol. The molecule has 1 fully saturated rings. The Bertz CT molecular complexity index is 804. The Morgan fingerprint density at radius 1 is 1.07 bits per heavy atom. The van der Waals surface area contributed by atoms with Gasteiger partial charge in [-0.05, 0) is 61.3 Å². The first kappa shape index (κ1) is 18.1. The molecule has 1 saturated heterocycles. The lowest BCUT2D eigenvalue weighted by Crippen LogP contribution is -2.37. The number of fused-ring (bicyclic) bond motifs is 1. The third-order valence-corrected chi connectivity index (χ3v) is 5.39. The molecule has 2 aromatic carbocycles. The van der Waals surface area contributed by atoms with Gasteiger partial charge in [0.1, 0.15) is 0 Å². The van der Waals surface area contributed by atoms with Crippen LogP contribution < -0.4 is 14.8 Å². The second-order valence-corrected chi connectivity index (χ2v) is 7.42. The van der Waals surface area contributed by atoms with E-state index in [-0.39, 0.29) is 18.7 Å². The molecule has 2 heterocycles. The van der Waals surface area contributed by atoms with Crippen molar-refractivity contribution in [1.29, 1.82) is 0 Å². The lowest BCUT2D eigenvalue weighted by molar-refractivity contribution is -0.120. The highest BCUT2D eigenvalue weighted by atomic mass is 35.5. The average Bonchev–Trinajstić information content (AvgIpc) is 3.35. The molecule has 1 amide bonds. The van der Waals surface area contributed by atoms with Gasteiger partial charge >= 0.3 is 0 Å². The Balaban J connectivity index is 1.43. The molecule has 0 radical (unpaired) electrons. The van der Waals surface area contributed by atoms with Crippen molar-refractivity contribution >= 4 is 17.5 Å². The maximum atomic E-state index is 12.4. The molecule has 6 heteroatoms. The highest BCUT2D eigenvalue weighted by Crippen LogP contribution is 2.36. The molecule has 142 valence electrons. The molecule has 1 unspecified atom stereocenters. The molecule has 0 spiro atoms. The maximum Gasteiger partial charge on any atom is 0.231 e. The van der Waals surface area contributed by atoms with Gasteiger partial charge < -0.3 is 14.8 Å². The number of nitrogens with zero attached hydrogens (tertiary/aromatic N) is 1. The number of nitrogens with one attached hydrogen (secondary N) is 1. The molecule has 1 N–H and O–H groups in total. The van der Waals surface area contributed by atoms with Gasteiger partial charge in [0.15, 0.2) is 11.5 Å². The molecule has 5 nitrogen and oxygen atoms in total. The lowest BCUT2D eigenvalue weighted by Gasteiger charge is -2.28. The van der Waals surface area contributed by atoms with Crippen LogP contribution in [0.1, 0.15) is 30.0 Å². The fourth-order valence-corrected chi connectivity index (χ4v) is 3.82. The van der Waals surface area contributed by atoms with Crippen LogP contribution in [0.25, 0.3) is 0 Å².